The molecule has 1 aliphatic heterocycles. The van der Waals surface area contributed by atoms with Crippen LogP contribution in [0.1, 0.15) is 37.3 Å². The van der Waals surface area contributed by atoms with Crippen molar-refractivity contribution < 1.29 is 14.4 Å². The summed E-state index contributed by atoms with van der Waals surface area (Å²) in [6.07, 6.45) is 6.53. The number of aryl methyl sites for hydroxylation is 2. The second kappa shape index (κ2) is 6.63. The van der Waals surface area contributed by atoms with Crippen LogP contribution in [-0.4, -0.2) is 28.7 Å². The molecule has 2 fully saturated rings. The van der Waals surface area contributed by atoms with Crippen LogP contribution in [0.25, 0.3) is 0 Å². The van der Waals surface area contributed by atoms with Crippen molar-refractivity contribution in [2.75, 3.05) is 5.32 Å². The smallest absolute Gasteiger partial charge is 0.247 e. The van der Waals surface area contributed by atoms with E-state index in [1.165, 1.54) is 4.90 Å². The molecule has 0 radical (unpaired) electrons. The van der Waals surface area contributed by atoms with E-state index in [0.29, 0.717) is 6.42 Å². The lowest BCUT2D eigenvalue weighted by molar-refractivity contribution is -0.146. The van der Waals surface area contributed by atoms with Gasteiger partial charge in [0.05, 0.1) is 11.8 Å². The molecule has 1 heterocycles. The Morgan fingerprint density at radius 2 is 1.70 bits per heavy atom. The molecule has 5 atom stereocenters. The molecule has 0 aromatic heterocycles. The summed E-state index contributed by atoms with van der Waals surface area (Å²) in [6, 6.07) is 5.05. The predicted molar refractivity (Wildman–Crippen MR) is 103 cm³/mol. The summed E-state index contributed by atoms with van der Waals surface area (Å²) in [7, 11) is 0. The monoisotopic (exact) mass is 366 g/mol. The number of allylic oxidation sites excluding steroid dienone is 2. The minimum Gasteiger partial charge on any atom is -0.324 e. The van der Waals surface area contributed by atoms with Gasteiger partial charge >= 0.3 is 0 Å². The maximum Gasteiger partial charge on any atom is 0.247 e. The number of anilines is 1. The zero-order valence-corrected chi connectivity index (χ0v) is 16.1. The van der Waals surface area contributed by atoms with Crippen molar-refractivity contribution in [3.8, 4) is 0 Å². The van der Waals surface area contributed by atoms with Crippen LogP contribution >= 0.6 is 0 Å². The quantitative estimate of drug-likeness (QED) is 0.657. The molecule has 5 heteroatoms. The minimum absolute atomic E-state index is 0.140. The molecule has 1 aromatic carbocycles. The van der Waals surface area contributed by atoms with E-state index < -0.39 is 6.04 Å². The molecule has 3 aliphatic carbocycles. The number of imide groups is 1. The lowest BCUT2D eigenvalue weighted by atomic mass is 9.63. The number of nitrogens with one attached hydrogen (secondary N) is 1. The summed E-state index contributed by atoms with van der Waals surface area (Å²) < 4.78 is 0. The third-order valence-electron chi connectivity index (χ3n) is 6.43. The number of fused-ring (bicyclic) bond motifs is 1. The van der Waals surface area contributed by atoms with E-state index in [0.717, 1.165) is 29.7 Å². The zero-order valence-electron chi connectivity index (χ0n) is 16.1. The van der Waals surface area contributed by atoms with Gasteiger partial charge in [0.1, 0.15) is 6.04 Å². The maximum atomic E-state index is 13.1. The second-order valence-corrected chi connectivity index (χ2v) is 8.12. The van der Waals surface area contributed by atoms with Gasteiger partial charge in [0.25, 0.3) is 0 Å². The van der Waals surface area contributed by atoms with Gasteiger partial charge in [-0.25, -0.2) is 0 Å². The molecule has 1 saturated heterocycles. The Balaban J connectivity index is 1.58. The molecule has 142 valence electrons. The Morgan fingerprint density at radius 1 is 1.11 bits per heavy atom. The molecule has 0 spiro atoms. The van der Waals surface area contributed by atoms with Crippen molar-refractivity contribution >= 4 is 23.4 Å². The molecule has 1 N–H and O–H groups in total. The molecule has 1 aromatic rings. The van der Waals surface area contributed by atoms with Gasteiger partial charge in [-0.2, -0.15) is 0 Å². The van der Waals surface area contributed by atoms with Crippen molar-refractivity contribution in [2.24, 2.45) is 23.7 Å². The molecule has 0 unspecified atom stereocenters. The van der Waals surface area contributed by atoms with E-state index in [2.05, 4.69) is 17.5 Å². The number of hydrogen-bond acceptors (Lipinski definition) is 3. The molecule has 2 bridgehead atoms. The average Bonchev–Trinajstić information content (AvgIpc) is 2.93. The highest BCUT2D eigenvalue weighted by Crippen LogP contribution is 2.50. The van der Waals surface area contributed by atoms with Gasteiger partial charge < -0.3 is 5.32 Å². The number of rotatable bonds is 4. The lowest BCUT2D eigenvalue weighted by Gasteiger charge is -2.38. The largest absolute Gasteiger partial charge is 0.324 e. The van der Waals surface area contributed by atoms with Gasteiger partial charge in [-0.05, 0) is 56.6 Å². The van der Waals surface area contributed by atoms with Gasteiger partial charge in [0, 0.05) is 5.69 Å². The first-order valence-electron chi connectivity index (χ1n) is 9.85. The summed E-state index contributed by atoms with van der Waals surface area (Å²) in [5.41, 5.74) is 2.81. The number of carbonyl (C=O) groups is 3. The zero-order chi connectivity index (χ0) is 19.3. The van der Waals surface area contributed by atoms with Gasteiger partial charge in [0.15, 0.2) is 0 Å². The van der Waals surface area contributed by atoms with Crippen LogP contribution in [0.15, 0.2) is 30.4 Å². The number of likely N-dealkylation sites (tertiary alicyclic amines) is 1. The third kappa shape index (κ3) is 2.80. The molecule has 27 heavy (non-hydrogen) atoms. The predicted octanol–water partition coefficient (Wildman–Crippen LogP) is 3.22. The summed E-state index contributed by atoms with van der Waals surface area (Å²) in [5, 5.41) is 2.93. The Hall–Kier alpha value is -2.43. The fraction of sp³-hybridized carbons (Fsp3) is 0.500. The normalized spacial score (nSPS) is 29.8. The van der Waals surface area contributed by atoms with Crippen LogP contribution in [-0.2, 0) is 14.4 Å². The van der Waals surface area contributed by atoms with E-state index in [9.17, 15) is 14.4 Å². The minimum atomic E-state index is -0.754. The lowest BCUT2D eigenvalue weighted by Crippen LogP contribution is -2.47. The Labute approximate surface area is 159 Å². The van der Waals surface area contributed by atoms with Gasteiger partial charge in [-0.1, -0.05) is 36.8 Å². The standard InChI is InChI=1S/C22H26N2O3/c1-4-17(20(25)23-16-10-5-12(2)11-13(16)3)24-21(26)18-14-6-7-15(9-8-14)19(18)22(24)27/h5-7,10-11,14-15,17-19H,4,8-9H2,1-3H3,(H,23,25)/t14-,15-,17+,18-,19-/m0/s1. The fourth-order valence-corrected chi connectivity index (χ4v) is 5.06. The number of carbonyl (C=O) groups excluding carboxylic acids is 3. The first-order valence-corrected chi connectivity index (χ1v) is 9.85. The van der Waals surface area contributed by atoms with E-state index in [4.69, 9.17) is 0 Å². The van der Waals surface area contributed by atoms with E-state index in [1.807, 2.05) is 39.0 Å². The van der Waals surface area contributed by atoms with E-state index in [1.54, 1.807) is 0 Å². The summed E-state index contributed by atoms with van der Waals surface area (Å²) in [4.78, 5) is 40.4. The van der Waals surface area contributed by atoms with E-state index in [-0.39, 0.29) is 41.4 Å². The van der Waals surface area contributed by atoms with Crippen LogP contribution in [0.3, 0.4) is 0 Å². The van der Waals surface area contributed by atoms with Crippen LogP contribution in [0.2, 0.25) is 0 Å². The number of nitrogens with zero attached hydrogens (tertiary/aromatic N) is 1. The molecule has 5 nitrogen and oxygen atoms in total. The molecular weight excluding hydrogens is 340 g/mol. The van der Waals surface area contributed by atoms with Crippen molar-refractivity contribution in [1.29, 1.82) is 0 Å². The number of hydrogen-bond donors (Lipinski definition) is 1. The highest BCUT2D eigenvalue weighted by molar-refractivity contribution is 6.10. The van der Waals surface area contributed by atoms with Crippen LogP contribution < -0.4 is 5.32 Å². The third-order valence-corrected chi connectivity index (χ3v) is 6.43. The van der Waals surface area contributed by atoms with Crippen molar-refractivity contribution in [3.63, 3.8) is 0 Å². The van der Waals surface area contributed by atoms with Crippen molar-refractivity contribution in [2.45, 2.75) is 46.1 Å². The van der Waals surface area contributed by atoms with Gasteiger partial charge in [0.2, 0.25) is 17.7 Å². The molecule has 4 aliphatic rings. The highest BCUT2D eigenvalue weighted by Gasteiger charge is 2.58. The molecule has 3 amide bonds. The fourth-order valence-electron chi connectivity index (χ4n) is 5.06. The first-order chi connectivity index (χ1) is 12.9. The van der Waals surface area contributed by atoms with E-state index >= 15 is 0 Å². The number of amides is 3. The summed E-state index contributed by atoms with van der Waals surface area (Å²) in [5.74, 6) is -0.875. The van der Waals surface area contributed by atoms with Crippen LogP contribution in [0.5, 0.6) is 0 Å². The van der Waals surface area contributed by atoms with Gasteiger partial charge in [-0.3, -0.25) is 19.3 Å². The molecular formula is C22H26N2O3. The van der Waals surface area contributed by atoms with Crippen LogP contribution in [0.4, 0.5) is 5.69 Å². The van der Waals surface area contributed by atoms with Crippen molar-refractivity contribution in [1.82, 2.24) is 4.90 Å². The maximum absolute atomic E-state index is 13.1. The summed E-state index contributed by atoms with van der Waals surface area (Å²) in [6.45, 7) is 5.79. The Bertz CT molecular complexity index is 812. The topological polar surface area (TPSA) is 66.5 Å². The number of benzene rings is 1. The summed E-state index contributed by atoms with van der Waals surface area (Å²) >= 11 is 0. The van der Waals surface area contributed by atoms with Crippen molar-refractivity contribution in [3.05, 3.63) is 41.5 Å². The van der Waals surface area contributed by atoms with Crippen LogP contribution in [0, 0.1) is 37.5 Å². The highest BCUT2D eigenvalue weighted by atomic mass is 16.2. The second-order valence-electron chi connectivity index (χ2n) is 8.12. The average molecular weight is 366 g/mol. The SMILES string of the molecule is CC[C@H](C(=O)Nc1ccc(C)cc1C)N1C(=O)[C@@H]2[C@@H](C1=O)[C@H]1C=C[C@H]2CC1. The first kappa shape index (κ1) is 18.0. The van der Waals surface area contributed by atoms with Gasteiger partial charge in [-0.15, -0.1) is 0 Å². The molecule has 1 saturated carbocycles. The Morgan fingerprint density at radius 3 is 2.19 bits per heavy atom. The molecule has 5 rings (SSSR count). The Kier molecular flexibility index (Phi) is 4.41.